The first-order valence-corrected chi connectivity index (χ1v) is 9.04. The molecule has 6 heteroatoms. The second-order valence-corrected chi connectivity index (χ2v) is 7.52. The second kappa shape index (κ2) is 8.17. The molecule has 28 heavy (non-hydrogen) atoms. The van der Waals surface area contributed by atoms with E-state index >= 15 is 0 Å². The summed E-state index contributed by atoms with van der Waals surface area (Å²) in [4.78, 5) is 20.7. The molecule has 0 radical (unpaired) electrons. The summed E-state index contributed by atoms with van der Waals surface area (Å²) in [6.45, 7) is 6.71. The topological polar surface area (TPSA) is 66.9 Å². The summed E-state index contributed by atoms with van der Waals surface area (Å²) in [5.41, 5.74) is 3.11. The maximum Gasteiger partial charge on any atom is 0.270 e. The fourth-order valence-electron chi connectivity index (χ4n) is 2.81. The summed E-state index contributed by atoms with van der Waals surface area (Å²) < 4.78 is 13.0. The van der Waals surface area contributed by atoms with Crippen LogP contribution in [0.15, 0.2) is 60.9 Å². The van der Waals surface area contributed by atoms with Crippen molar-refractivity contribution in [2.75, 3.05) is 5.32 Å². The lowest BCUT2D eigenvalue weighted by molar-refractivity contribution is 0.0946. The van der Waals surface area contributed by atoms with Gasteiger partial charge >= 0.3 is 0 Å². The molecule has 5 nitrogen and oxygen atoms in total. The van der Waals surface area contributed by atoms with Gasteiger partial charge in [-0.3, -0.25) is 4.79 Å². The van der Waals surface area contributed by atoms with Crippen molar-refractivity contribution in [3.05, 3.63) is 83.6 Å². The molecule has 0 bridgehead atoms. The van der Waals surface area contributed by atoms with Gasteiger partial charge in [-0.15, -0.1) is 0 Å². The number of hydrogen-bond donors (Lipinski definition) is 2. The van der Waals surface area contributed by atoms with Crippen molar-refractivity contribution in [3.8, 4) is 0 Å². The summed E-state index contributed by atoms with van der Waals surface area (Å²) in [5, 5.41) is 6.06. The van der Waals surface area contributed by atoms with E-state index in [1.807, 2.05) is 18.2 Å². The Morgan fingerprint density at radius 1 is 1.04 bits per heavy atom. The first-order valence-electron chi connectivity index (χ1n) is 9.04. The number of hydrogen-bond acceptors (Lipinski definition) is 4. The van der Waals surface area contributed by atoms with Gasteiger partial charge in [0.15, 0.2) is 0 Å². The molecule has 0 saturated carbocycles. The van der Waals surface area contributed by atoms with Crippen LogP contribution in [0.5, 0.6) is 0 Å². The van der Waals surface area contributed by atoms with Gasteiger partial charge in [-0.25, -0.2) is 14.4 Å². The summed E-state index contributed by atoms with van der Waals surface area (Å²) >= 11 is 0. The number of nitrogens with one attached hydrogen (secondary N) is 2. The molecule has 0 fully saturated rings. The van der Waals surface area contributed by atoms with Crippen LogP contribution in [-0.4, -0.2) is 15.9 Å². The smallest absolute Gasteiger partial charge is 0.270 e. The molecule has 1 heterocycles. The quantitative estimate of drug-likeness (QED) is 0.682. The van der Waals surface area contributed by atoms with Crippen LogP contribution in [0.4, 0.5) is 15.9 Å². The molecule has 3 aromatic rings. The average molecular weight is 378 g/mol. The van der Waals surface area contributed by atoms with E-state index in [0.29, 0.717) is 12.4 Å². The van der Waals surface area contributed by atoms with Crippen LogP contribution in [0.1, 0.15) is 42.4 Å². The Hall–Kier alpha value is -3.28. The van der Waals surface area contributed by atoms with Crippen molar-refractivity contribution in [3.63, 3.8) is 0 Å². The molecule has 0 spiro atoms. The number of amides is 1. The Bertz CT molecular complexity index is 965. The Kier molecular flexibility index (Phi) is 5.68. The third-order valence-electron chi connectivity index (χ3n) is 4.26. The second-order valence-electron chi connectivity index (χ2n) is 7.52. The fourth-order valence-corrected chi connectivity index (χ4v) is 2.81. The number of halogens is 1. The molecule has 0 aliphatic carbocycles. The third-order valence-corrected chi connectivity index (χ3v) is 4.26. The number of rotatable bonds is 5. The van der Waals surface area contributed by atoms with E-state index < -0.39 is 0 Å². The zero-order valence-corrected chi connectivity index (χ0v) is 16.2. The molecule has 144 valence electrons. The molecule has 0 saturated heterocycles. The minimum Gasteiger partial charge on any atom is -0.347 e. The summed E-state index contributed by atoms with van der Waals surface area (Å²) in [7, 11) is 0. The van der Waals surface area contributed by atoms with Gasteiger partial charge in [0.2, 0.25) is 0 Å². The Morgan fingerprint density at radius 2 is 1.75 bits per heavy atom. The van der Waals surface area contributed by atoms with E-state index in [0.717, 1.165) is 16.8 Å². The molecule has 0 aliphatic rings. The molecule has 0 aliphatic heterocycles. The lowest BCUT2D eigenvalue weighted by Gasteiger charge is -2.23. The van der Waals surface area contributed by atoms with E-state index in [-0.39, 0.29) is 22.8 Å². The zero-order chi connectivity index (χ0) is 20.1. The number of para-hydroxylation sites is 1. The van der Waals surface area contributed by atoms with Crippen molar-refractivity contribution in [2.45, 2.75) is 32.7 Å². The maximum atomic E-state index is 13.0. The normalized spacial score (nSPS) is 11.1. The zero-order valence-electron chi connectivity index (χ0n) is 16.2. The summed E-state index contributed by atoms with van der Waals surface area (Å²) in [6, 6.07) is 15.6. The number of aromatic nitrogens is 2. The largest absolute Gasteiger partial charge is 0.347 e. The van der Waals surface area contributed by atoms with Crippen LogP contribution >= 0.6 is 0 Å². The van der Waals surface area contributed by atoms with Crippen LogP contribution in [0.3, 0.4) is 0 Å². The Morgan fingerprint density at radius 3 is 2.46 bits per heavy atom. The van der Waals surface area contributed by atoms with Gasteiger partial charge in [0.1, 0.15) is 23.7 Å². The van der Waals surface area contributed by atoms with Crippen LogP contribution in [0, 0.1) is 5.82 Å². The minimum atomic E-state index is -0.320. The number of nitrogens with zero attached hydrogens (tertiary/aromatic N) is 2. The highest BCUT2D eigenvalue weighted by atomic mass is 19.1. The van der Waals surface area contributed by atoms with Crippen molar-refractivity contribution in [2.24, 2.45) is 0 Å². The minimum absolute atomic E-state index is 0.0357. The fraction of sp³-hybridized carbons (Fsp3) is 0.227. The molecular weight excluding hydrogens is 355 g/mol. The van der Waals surface area contributed by atoms with Crippen molar-refractivity contribution in [1.29, 1.82) is 0 Å². The maximum absolute atomic E-state index is 13.0. The van der Waals surface area contributed by atoms with Crippen LogP contribution in [0.25, 0.3) is 0 Å². The lowest BCUT2D eigenvalue weighted by atomic mass is 9.86. The Balaban J connectivity index is 1.72. The lowest BCUT2D eigenvalue weighted by Crippen LogP contribution is -2.24. The average Bonchev–Trinajstić information content (AvgIpc) is 2.67. The standard InChI is InChI=1S/C22H23FN4O/c1-22(2,3)17-6-4-5-7-18(17)27-20-12-19(25-14-26-20)21(28)24-13-15-8-10-16(23)11-9-15/h4-12,14H,13H2,1-3H3,(H,24,28)(H,25,26,27). The van der Waals surface area contributed by atoms with Crippen molar-refractivity contribution >= 4 is 17.4 Å². The molecule has 3 rings (SSSR count). The van der Waals surface area contributed by atoms with Gasteiger partial charge in [0.25, 0.3) is 5.91 Å². The van der Waals surface area contributed by atoms with E-state index in [9.17, 15) is 9.18 Å². The number of benzene rings is 2. The number of anilines is 2. The van der Waals surface area contributed by atoms with E-state index in [2.05, 4.69) is 47.4 Å². The van der Waals surface area contributed by atoms with Crippen molar-refractivity contribution in [1.82, 2.24) is 15.3 Å². The van der Waals surface area contributed by atoms with Gasteiger partial charge in [0.05, 0.1) is 0 Å². The summed E-state index contributed by atoms with van der Waals surface area (Å²) in [6.07, 6.45) is 1.36. The van der Waals surface area contributed by atoms with Crippen LogP contribution in [-0.2, 0) is 12.0 Å². The highest BCUT2D eigenvalue weighted by molar-refractivity contribution is 5.93. The predicted octanol–water partition coefficient (Wildman–Crippen LogP) is 4.59. The van der Waals surface area contributed by atoms with E-state index in [1.54, 1.807) is 18.2 Å². The van der Waals surface area contributed by atoms with Crippen molar-refractivity contribution < 1.29 is 9.18 Å². The van der Waals surface area contributed by atoms with Gasteiger partial charge in [0, 0.05) is 18.3 Å². The van der Waals surface area contributed by atoms with E-state index in [4.69, 9.17) is 0 Å². The van der Waals surface area contributed by atoms with E-state index in [1.165, 1.54) is 18.5 Å². The molecule has 2 aromatic carbocycles. The summed E-state index contributed by atoms with van der Waals surface area (Å²) in [5.74, 6) is -0.0883. The molecular formula is C22H23FN4O. The number of carbonyl (C=O) groups excluding carboxylic acids is 1. The molecule has 1 amide bonds. The molecule has 0 atom stereocenters. The predicted molar refractivity (Wildman–Crippen MR) is 108 cm³/mol. The van der Waals surface area contributed by atoms with Gasteiger partial charge < -0.3 is 10.6 Å². The first kappa shape index (κ1) is 19.5. The highest BCUT2D eigenvalue weighted by Gasteiger charge is 2.18. The SMILES string of the molecule is CC(C)(C)c1ccccc1Nc1cc(C(=O)NCc2ccc(F)cc2)ncn1. The third kappa shape index (κ3) is 4.91. The molecule has 1 aromatic heterocycles. The monoisotopic (exact) mass is 378 g/mol. The highest BCUT2D eigenvalue weighted by Crippen LogP contribution is 2.30. The van der Waals surface area contributed by atoms with Crippen LogP contribution in [0.2, 0.25) is 0 Å². The number of carbonyl (C=O) groups is 1. The molecule has 0 unspecified atom stereocenters. The Labute approximate surface area is 164 Å². The van der Waals surface area contributed by atoms with Gasteiger partial charge in [-0.1, -0.05) is 51.1 Å². The van der Waals surface area contributed by atoms with Gasteiger partial charge in [-0.05, 0) is 34.7 Å². The van der Waals surface area contributed by atoms with Gasteiger partial charge in [-0.2, -0.15) is 0 Å². The van der Waals surface area contributed by atoms with Crippen LogP contribution < -0.4 is 10.6 Å². The molecule has 2 N–H and O–H groups in total. The first-order chi connectivity index (χ1) is 13.3.